The van der Waals surface area contributed by atoms with Crippen LogP contribution in [0.1, 0.15) is 28.2 Å². The van der Waals surface area contributed by atoms with Crippen LogP contribution in [0, 0.1) is 6.92 Å². The van der Waals surface area contributed by atoms with Gasteiger partial charge in [-0.2, -0.15) is 0 Å². The number of aliphatic hydroxyl groups is 1. The van der Waals surface area contributed by atoms with E-state index in [0.29, 0.717) is 18.5 Å². The predicted molar refractivity (Wildman–Crippen MR) is 99.2 cm³/mol. The lowest BCUT2D eigenvalue weighted by Gasteiger charge is -2.36. The van der Waals surface area contributed by atoms with Crippen LogP contribution in [0.3, 0.4) is 0 Å². The largest absolute Gasteiger partial charge is 0.390 e. The van der Waals surface area contributed by atoms with E-state index in [1.54, 1.807) is 29.7 Å². The minimum absolute atomic E-state index is 0.192. The van der Waals surface area contributed by atoms with E-state index in [0.717, 1.165) is 29.4 Å². The van der Waals surface area contributed by atoms with E-state index in [-0.39, 0.29) is 11.9 Å². The number of pyridine rings is 1. The molecule has 3 aromatic rings. The number of β-amino-alcohol motifs (C(OH)–C–C–N with tert-alkyl or cyclic N) is 1. The molecule has 0 bridgehead atoms. The Hall–Kier alpha value is -2.29. The van der Waals surface area contributed by atoms with Crippen LogP contribution in [0.25, 0.3) is 4.96 Å². The standard InChI is InChI=1S/C18H21N5O2S/c1-12-15(23-7-8-26-18(23)20-12)10-22-6-4-14(16(24)11-22)21-17(25)13-3-2-5-19-9-13/h2-3,5,7-9,14,16,24H,4,6,10-11H2,1H3,(H,21,25)/t14-,16-/m1/s1. The van der Waals surface area contributed by atoms with E-state index >= 15 is 0 Å². The highest BCUT2D eigenvalue weighted by molar-refractivity contribution is 7.15. The number of fused-ring (bicyclic) bond motifs is 1. The normalized spacial score (nSPS) is 21.2. The Labute approximate surface area is 155 Å². The van der Waals surface area contributed by atoms with Gasteiger partial charge in [-0.05, 0) is 25.5 Å². The summed E-state index contributed by atoms with van der Waals surface area (Å²) in [5, 5.41) is 15.5. The molecule has 4 heterocycles. The van der Waals surface area contributed by atoms with Gasteiger partial charge < -0.3 is 10.4 Å². The number of thiazole rings is 1. The van der Waals surface area contributed by atoms with Crippen molar-refractivity contribution < 1.29 is 9.90 Å². The third-order valence-corrected chi connectivity index (χ3v) is 5.60. The second-order valence-corrected chi connectivity index (χ2v) is 7.49. The molecule has 0 saturated carbocycles. The summed E-state index contributed by atoms with van der Waals surface area (Å²) in [5.41, 5.74) is 2.70. The summed E-state index contributed by atoms with van der Waals surface area (Å²) in [6.07, 6.45) is 5.30. The van der Waals surface area contributed by atoms with Crippen molar-refractivity contribution in [1.29, 1.82) is 0 Å². The maximum Gasteiger partial charge on any atom is 0.253 e. The fraction of sp³-hybridized carbons (Fsp3) is 0.389. The Bertz CT molecular complexity index is 907. The van der Waals surface area contributed by atoms with Crippen LogP contribution in [-0.2, 0) is 6.54 Å². The summed E-state index contributed by atoms with van der Waals surface area (Å²) >= 11 is 1.62. The van der Waals surface area contributed by atoms with Gasteiger partial charge in [-0.3, -0.25) is 19.1 Å². The number of likely N-dealkylation sites (tertiary alicyclic amines) is 1. The molecule has 0 aromatic carbocycles. The fourth-order valence-corrected chi connectivity index (χ4v) is 4.18. The molecular formula is C18H21N5O2S. The number of carbonyl (C=O) groups excluding carboxylic acids is 1. The average Bonchev–Trinajstić information content (AvgIpc) is 3.20. The molecule has 0 spiro atoms. The predicted octanol–water partition coefficient (Wildman–Crippen LogP) is 1.46. The first-order valence-corrected chi connectivity index (χ1v) is 9.52. The minimum Gasteiger partial charge on any atom is -0.390 e. The van der Waals surface area contributed by atoms with Gasteiger partial charge in [-0.1, -0.05) is 0 Å². The molecule has 2 N–H and O–H groups in total. The van der Waals surface area contributed by atoms with E-state index < -0.39 is 6.10 Å². The third-order valence-electron chi connectivity index (χ3n) is 4.84. The zero-order valence-corrected chi connectivity index (χ0v) is 15.3. The summed E-state index contributed by atoms with van der Waals surface area (Å²) in [6.45, 7) is 4.09. The third kappa shape index (κ3) is 3.35. The van der Waals surface area contributed by atoms with Crippen molar-refractivity contribution >= 4 is 22.2 Å². The minimum atomic E-state index is -0.601. The van der Waals surface area contributed by atoms with Crippen LogP contribution >= 0.6 is 11.3 Å². The molecule has 1 amide bonds. The molecule has 4 rings (SSSR count). The van der Waals surface area contributed by atoms with Crippen molar-refractivity contribution in [3.05, 3.63) is 53.1 Å². The summed E-state index contributed by atoms with van der Waals surface area (Å²) in [6, 6.07) is 3.21. The molecule has 26 heavy (non-hydrogen) atoms. The zero-order valence-electron chi connectivity index (χ0n) is 14.5. The number of aliphatic hydroxyl groups excluding tert-OH is 1. The van der Waals surface area contributed by atoms with Crippen LogP contribution in [0.4, 0.5) is 0 Å². The Balaban J connectivity index is 1.38. The van der Waals surface area contributed by atoms with Gasteiger partial charge >= 0.3 is 0 Å². The lowest BCUT2D eigenvalue weighted by molar-refractivity contribution is 0.0343. The first kappa shape index (κ1) is 17.1. The SMILES string of the molecule is Cc1nc2sccn2c1CN1CC[C@@H](NC(=O)c2cccnc2)[C@H](O)C1. The molecule has 1 fully saturated rings. The number of aryl methyl sites for hydroxylation is 1. The van der Waals surface area contributed by atoms with Crippen LogP contribution in [0.5, 0.6) is 0 Å². The second-order valence-electron chi connectivity index (χ2n) is 6.61. The Morgan fingerprint density at radius 1 is 1.50 bits per heavy atom. The first-order valence-electron chi connectivity index (χ1n) is 8.64. The summed E-state index contributed by atoms with van der Waals surface area (Å²) in [4.78, 5) is 24.0. The lowest BCUT2D eigenvalue weighted by atomic mass is 10.0. The number of amides is 1. The van der Waals surface area contributed by atoms with Gasteiger partial charge in [0, 0.05) is 43.6 Å². The van der Waals surface area contributed by atoms with Gasteiger partial charge in [-0.25, -0.2) is 4.98 Å². The first-order chi connectivity index (χ1) is 12.6. The van der Waals surface area contributed by atoms with Crippen molar-refractivity contribution in [2.45, 2.75) is 32.0 Å². The molecule has 1 saturated heterocycles. The number of piperidine rings is 1. The van der Waals surface area contributed by atoms with Gasteiger partial charge in [0.05, 0.1) is 29.1 Å². The molecule has 2 atom stereocenters. The number of hydrogen-bond donors (Lipinski definition) is 2. The molecular weight excluding hydrogens is 350 g/mol. The Morgan fingerprint density at radius 2 is 2.38 bits per heavy atom. The number of nitrogens with one attached hydrogen (secondary N) is 1. The van der Waals surface area contributed by atoms with Gasteiger partial charge in [0.25, 0.3) is 5.91 Å². The van der Waals surface area contributed by atoms with Crippen LogP contribution in [0.2, 0.25) is 0 Å². The molecule has 136 valence electrons. The van der Waals surface area contributed by atoms with Crippen molar-refractivity contribution in [2.24, 2.45) is 0 Å². The van der Waals surface area contributed by atoms with E-state index in [9.17, 15) is 9.90 Å². The molecule has 7 nitrogen and oxygen atoms in total. The maximum absolute atomic E-state index is 12.3. The number of hydrogen-bond acceptors (Lipinski definition) is 6. The smallest absolute Gasteiger partial charge is 0.253 e. The molecule has 0 aliphatic carbocycles. The molecule has 8 heteroatoms. The molecule has 0 radical (unpaired) electrons. The Morgan fingerprint density at radius 3 is 3.15 bits per heavy atom. The fourth-order valence-electron chi connectivity index (χ4n) is 3.40. The average molecular weight is 371 g/mol. The topological polar surface area (TPSA) is 82.8 Å². The second kappa shape index (κ2) is 7.14. The molecule has 1 aliphatic rings. The van der Waals surface area contributed by atoms with Gasteiger partial charge in [0.1, 0.15) is 0 Å². The number of nitrogens with zero attached hydrogens (tertiary/aromatic N) is 4. The van der Waals surface area contributed by atoms with Gasteiger partial charge in [-0.15, -0.1) is 11.3 Å². The molecule has 1 aliphatic heterocycles. The maximum atomic E-state index is 12.3. The molecule has 0 unspecified atom stereocenters. The highest BCUT2D eigenvalue weighted by Crippen LogP contribution is 2.20. The van der Waals surface area contributed by atoms with Crippen LogP contribution < -0.4 is 5.32 Å². The highest BCUT2D eigenvalue weighted by Gasteiger charge is 2.30. The monoisotopic (exact) mass is 371 g/mol. The Kier molecular flexibility index (Phi) is 4.71. The van der Waals surface area contributed by atoms with Crippen LogP contribution in [-0.4, -0.2) is 55.5 Å². The molecule has 3 aromatic heterocycles. The van der Waals surface area contributed by atoms with Crippen molar-refractivity contribution in [1.82, 2.24) is 24.6 Å². The summed E-state index contributed by atoms with van der Waals surface area (Å²) < 4.78 is 2.11. The lowest BCUT2D eigenvalue weighted by Crippen LogP contribution is -2.53. The zero-order chi connectivity index (χ0) is 18.1. The number of rotatable bonds is 4. The highest BCUT2D eigenvalue weighted by atomic mass is 32.1. The number of aromatic nitrogens is 3. The van der Waals surface area contributed by atoms with E-state index in [1.165, 1.54) is 6.20 Å². The number of imidazole rings is 1. The van der Waals surface area contributed by atoms with Crippen molar-refractivity contribution in [3.63, 3.8) is 0 Å². The van der Waals surface area contributed by atoms with Crippen molar-refractivity contribution in [3.8, 4) is 0 Å². The quantitative estimate of drug-likeness (QED) is 0.726. The summed E-state index contributed by atoms with van der Waals surface area (Å²) in [5.74, 6) is -0.192. The summed E-state index contributed by atoms with van der Waals surface area (Å²) in [7, 11) is 0. The van der Waals surface area contributed by atoms with Crippen LogP contribution in [0.15, 0.2) is 36.1 Å². The van der Waals surface area contributed by atoms with E-state index in [2.05, 4.69) is 24.6 Å². The van der Waals surface area contributed by atoms with Crippen molar-refractivity contribution in [2.75, 3.05) is 13.1 Å². The van der Waals surface area contributed by atoms with E-state index in [1.807, 2.05) is 18.5 Å². The van der Waals surface area contributed by atoms with E-state index in [4.69, 9.17) is 0 Å². The van der Waals surface area contributed by atoms with Gasteiger partial charge in [0.2, 0.25) is 0 Å². The number of carbonyl (C=O) groups is 1. The van der Waals surface area contributed by atoms with Gasteiger partial charge in [0.15, 0.2) is 4.96 Å².